The average molecular weight is 210 g/mol. The Morgan fingerprint density at radius 1 is 1.33 bits per heavy atom. The van der Waals surface area contributed by atoms with Crippen LogP contribution < -0.4 is 0 Å². The van der Waals surface area contributed by atoms with E-state index in [9.17, 15) is 0 Å². The lowest BCUT2D eigenvalue weighted by molar-refractivity contribution is 0.0750. The Hall–Kier alpha value is -1.18. The molecule has 15 heavy (non-hydrogen) atoms. The van der Waals surface area contributed by atoms with Gasteiger partial charge < -0.3 is 9.47 Å². The maximum atomic E-state index is 5.25. The Labute approximate surface area is 93.3 Å². The van der Waals surface area contributed by atoms with Gasteiger partial charge in [-0.05, 0) is 26.3 Å². The van der Waals surface area contributed by atoms with Gasteiger partial charge >= 0.3 is 0 Å². The predicted octanol–water partition coefficient (Wildman–Crippen LogP) is 4.16. The summed E-state index contributed by atoms with van der Waals surface area (Å²) in [7, 11) is 0. The number of hydrogen-bond donors (Lipinski definition) is 0. The van der Waals surface area contributed by atoms with Crippen molar-refractivity contribution < 1.29 is 9.47 Å². The third kappa shape index (κ3) is 4.73. The topological polar surface area (TPSA) is 18.5 Å². The molecule has 2 nitrogen and oxygen atoms in total. The van der Waals surface area contributed by atoms with E-state index < -0.39 is 0 Å². The van der Waals surface area contributed by atoms with Gasteiger partial charge in [0.15, 0.2) is 5.76 Å². The molecule has 2 heteroatoms. The second-order valence-corrected chi connectivity index (χ2v) is 2.88. The minimum atomic E-state index is 0.350. The molecule has 0 unspecified atom stereocenters. The molecule has 0 aromatic heterocycles. The maximum Gasteiger partial charge on any atom is 0.230 e. The van der Waals surface area contributed by atoms with Gasteiger partial charge in [-0.25, -0.2) is 0 Å². The first-order chi connectivity index (χ1) is 7.27. The fourth-order valence-corrected chi connectivity index (χ4v) is 1.12. The van der Waals surface area contributed by atoms with Crippen LogP contribution in [0.15, 0.2) is 35.3 Å². The summed E-state index contributed by atoms with van der Waals surface area (Å²) in [5.74, 6) is 1.70. The second kappa shape index (κ2) is 8.16. The molecule has 86 valence electrons. The summed E-state index contributed by atoms with van der Waals surface area (Å²) in [6, 6.07) is 0. The molecule has 0 aromatic carbocycles. The third-order valence-corrected chi connectivity index (χ3v) is 2.06. The number of allylic oxidation sites excluding steroid dienone is 5. The average Bonchev–Trinajstić information content (AvgIpc) is 2.69. The van der Waals surface area contributed by atoms with Crippen LogP contribution in [0.5, 0.6) is 0 Å². The SMILES string of the molecule is C/C=C(\C=C/C1=C(C)OCO1)CC.CC. The molecule has 0 aromatic rings. The zero-order chi connectivity index (χ0) is 11.7. The van der Waals surface area contributed by atoms with E-state index >= 15 is 0 Å². The zero-order valence-electron chi connectivity index (χ0n) is 10.5. The summed E-state index contributed by atoms with van der Waals surface area (Å²) in [4.78, 5) is 0. The molecule has 1 heterocycles. The summed E-state index contributed by atoms with van der Waals surface area (Å²) in [6.45, 7) is 10.4. The molecule has 0 saturated heterocycles. The minimum Gasteiger partial charge on any atom is -0.458 e. The van der Waals surface area contributed by atoms with Crippen molar-refractivity contribution >= 4 is 0 Å². The summed E-state index contributed by atoms with van der Waals surface area (Å²) >= 11 is 0. The molecule has 1 rings (SSSR count). The van der Waals surface area contributed by atoms with Crippen molar-refractivity contribution in [1.29, 1.82) is 0 Å². The standard InChI is InChI=1S/C11H16O2.C2H6/c1-4-10(5-2)6-7-11-9(3)12-8-13-11;1-2/h4,6-7H,5,8H2,1-3H3;1-2H3/b7-6-,10-4-;. The summed E-state index contributed by atoms with van der Waals surface area (Å²) in [5, 5.41) is 0. The highest BCUT2D eigenvalue weighted by atomic mass is 16.7. The molecular weight excluding hydrogens is 188 g/mol. The van der Waals surface area contributed by atoms with Gasteiger partial charge in [-0.15, -0.1) is 0 Å². The summed E-state index contributed by atoms with van der Waals surface area (Å²) in [6.07, 6.45) is 7.16. The van der Waals surface area contributed by atoms with E-state index in [1.54, 1.807) is 0 Å². The molecule has 0 spiro atoms. The Balaban J connectivity index is 0.000000921. The van der Waals surface area contributed by atoms with Crippen molar-refractivity contribution in [2.45, 2.75) is 41.0 Å². The quantitative estimate of drug-likeness (QED) is 0.651. The van der Waals surface area contributed by atoms with Crippen LogP contribution >= 0.6 is 0 Å². The van der Waals surface area contributed by atoms with Crippen LogP contribution in [-0.4, -0.2) is 6.79 Å². The Kier molecular flexibility index (Phi) is 7.51. The van der Waals surface area contributed by atoms with Gasteiger partial charge in [-0.2, -0.15) is 0 Å². The van der Waals surface area contributed by atoms with E-state index in [4.69, 9.17) is 9.47 Å². The van der Waals surface area contributed by atoms with Crippen molar-refractivity contribution in [1.82, 2.24) is 0 Å². The predicted molar refractivity (Wildman–Crippen MR) is 64.3 cm³/mol. The van der Waals surface area contributed by atoms with Crippen LogP contribution in [0.2, 0.25) is 0 Å². The Bertz CT molecular complexity index is 260. The number of hydrogen-bond acceptors (Lipinski definition) is 2. The van der Waals surface area contributed by atoms with Crippen molar-refractivity contribution in [2.75, 3.05) is 6.79 Å². The molecule has 0 N–H and O–H groups in total. The molecule has 1 aliphatic heterocycles. The Morgan fingerprint density at radius 3 is 2.40 bits per heavy atom. The van der Waals surface area contributed by atoms with Crippen LogP contribution in [0.3, 0.4) is 0 Å². The molecule has 0 amide bonds. The zero-order valence-corrected chi connectivity index (χ0v) is 10.5. The van der Waals surface area contributed by atoms with Gasteiger partial charge in [0.25, 0.3) is 0 Å². The van der Waals surface area contributed by atoms with Gasteiger partial charge in [0.05, 0.1) is 0 Å². The summed E-state index contributed by atoms with van der Waals surface area (Å²) < 4.78 is 10.4. The molecule has 1 aliphatic rings. The van der Waals surface area contributed by atoms with E-state index in [0.29, 0.717) is 6.79 Å². The van der Waals surface area contributed by atoms with Crippen molar-refractivity contribution in [3.05, 3.63) is 35.3 Å². The normalized spacial score (nSPS) is 15.9. The first kappa shape index (κ1) is 13.8. The highest BCUT2D eigenvalue weighted by Crippen LogP contribution is 2.17. The van der Waals surface area contributed by atoms with E-state index in [2.05, 4.69) is 19.1 Å². The first-order valence-corrected chi connectivity index (χ1v) is 5.57. The Morgan fingerprint density at radius 2 is 2.00 bits per heavy atom. The largest absolute Gasteiger partial charge is 0.458 e. The van der Waals surface area contributed by atoms with Crippen LogP contribution in [0.1, 0.15) is 41.0 Å². The van der Waals surface area contributed by atoms with Crippen molar-refractivity contribution in [3.63, 3.8) is 0 Å². The van der Waals surface area contributed by atoms with Gasteiger partial charge in [-0.3, -0.25) is 0 Å². The monoisotopic (exact) mass is 210 g/mol. The molecule has 0 saturated carbocycles. The van der Waals surface area contributed by atoms with Gasteiger partial charge in [0.1, 0.15) is 5.76 Å². The lowest BCUT2D eigenvalue weighted by atomic mass is 10.2. The maximum absolute atomic E-state index is 5.25. The van der Waals surface area contributed by atoms with E-state index in [-0.39, 0.29) is 0 Å². The number of ether oxygens (including phenoxy) is 2. The minimum absolute atomic E-state index is 0.350. The second-order valence-electron chi connectivity index (χ2n) is 2.88. The van der Waals surface area contributed by atoms with Crippen LogP contribution in [0, 0.1) is 0 Å². The van der Waals surface area contributed by atoms with E-state index in [0.717, 1.165) is 17.9 Å². The molecule has 0 aliphatic carbocycles. The highest BCUT2D eigenvalue weighted by molar-refractivity contribution is 5.26. The lowest BCUT2D eigenvalue weighted by Crippen LogP contribution is -1.82. The fraction of sp³-hybridized carbons (Fsp3) is 0.538. The molecule has 0 atom stereocenters. The van der Waals surface area contributed by atoms with E-state index in [1.807, 2.05) is 33.8 Å². The molecule has 0 radical (unpaired) electrons. The van der Waals surface area contributed by atoms with Crippen LogP contribution in [0.4, 0.5) is 0 Å². The third-order valence-electron chi connectivity index (χ3n) is 2.06. The summed E-state index contributed by atoms with van der Waals surface area (Å²) in [5.41, 5.74) is 1.30. The first-order valence-electron chi connectivity index (χ1n) is 5.57. The van der Waals surface area contributed by atoms with Crippen LogP contribution in [-0.2, 0) is 9.47 Å². The highest BCUT2D eigenvalue weighted by Gasteiger charge is 2.08. The lowest BCUT2D eigenvalue weighted by Gasteiger charge is -1.95. The van der Waals surface area contributed by atoms with Gasteiger partial charge in [-0.1, -0.05) is 38.5 Å². The van der Waals surface area contributed by atoms with Crippen molar-refractivity contribution in [3.8, 4) is 0 Å². The smallest absolute Gasteiger partial charge is 0.230 e. The van der Waals surface area contributed by atoms with Gasteiger partial charge in [0, 0.05) is 0 Å². The van der Waals surface area contributed by atoms with E-state index in [1.165, 1.54) is 5.57 Å². The molecule has 0 fully saturated rings. The fourth-order valence-electron chi connectivity index (χ4n) is 1.12. The van der Waals surface area contributed by atoms with Crippen LogP contribution in [0.25, 0.3) is 0 Å². The number of rotatable bonds is 3. The van der Waals surface area contributed by atoms with Gasteiger partial charge in [0.2, 0.25) is 6.79 Å². The van der Waals surface area contributed by atoms with Crippen molar-refractivity contribution in [2.24, 2.45) is 0 Å². The molecular formula is C13H22O2. The molecule has 0 bridgehead atoms.